The molecule has 1 unspecified atom stereocenters. The molecule has 1 N–H and O–H groups in total. The molecule has 4 rings (SSSR count). The number of aromatic nitrogens is 2. The summed E-state index contributed by atoms with van der Waals surface area (Å²) in [5.74, 6) is 0.749. The van der Waals surface area contributed by atoms with Crippen LogP contribution in [-0.4, -0.2) is 71.1 Å². The number of urea groups is 1. The topological polar surface area (TPSA) is 64.6 Å². The standard InChI is InChI=1S/C22H30N6O/c29-22(28-14-6-13-27(15-16-28)21-23-10-5-11-24-21)25-20-9-4-12-26(18-20)17-19-7-2-1-3-8-19/h1-3,5,7-8,10-11,20H,4,6,9,12-18H2,(H,25,29). The number of nitrogens with zero attached hydrogens (tertiary/aromatic N) is 5. The number of benzene rings is 1. The van der Waals surface area contributed by atoms with Crippen molar-refractivity contribution in [1.82, 2.24) is 25.1 Å². The largest absolute Gasteiger partial charge is 0.339 e. The molecule has 154 valence electrons. The Morgan fingerprint density at radius 2 is 1.79 bits per heavy atom. The highest BCUT2D eigenvalue weighted by Crippen LogP contribution is 2.15. The van der Waals surface area contributed by atoms with E-state index in [1.165, 1.54) is 5.56 Å². The number of amides is 2. The number of hydrogen-bond donors (Lipinski definition) is 1. The van der Waals surface area contributed by atoms with Crippen molar-refractivity contribution in [3.63, 3.8) is 0 Å². The van der Waals surface area contributed by atoms with Gasteiger partial charge in [-0.15, -0.1) is 0 Å². The predicted octanol–water partition coefficient (Wildman–Crippen LogP) is 2.36. The molecule has 29 heavy (non-hydrogen) atoms. The van der Waals surface area contributed by atoms with Crippen molar-refractivity contribution in [2.75, 3.05) is 44.2 Å². The monoisotopic (exact) mass is 394 g/mol. The molecule has 7 nitrogen and oxygen atoms in total. The number of rotatable bonds is 4. The molecule has 2 aromatic rings. The summed E-state index contributed by atoms with van der Waals surface area (Å²) in [6.45, 7) is 6.07. The fourth-order valence-corrected chi connectivity index (χ4v) is 4.20. The Bertz CT molecular complexity index is 771. The summed E-state index contributed by atoms with van der Waals surface area (Å²) in [5, 5.41) is 3.28. The third-order valence-electron chi connectivity index (χ3n) is 5.70. The Hall–Kier alpha value is -2.67. The lowest BCUT2D eigenvalue weighted by Gasteiger charge is -2.34. The van der Waals surface area contributed by atoms with E-state index in [1.807, 2.05) is 11.0 Å². The number of carbonyl (C=O) groups is 1. The van der Waals surface area contributed by atoms with Crippen LogP contribution in [0.15, 0.2) is 48.8 Å². The first-order chi connectivity index (χ1) is 14.3. The van der Waals surface area contributed by atoms with Gasteiger partial charge < -0.3 is 15.1 Å². The smallest absolute Gasteiger partial charge is 0.317 e. The van der Waals surface area contributed by atoms with Gasteiger partial charge in [-0.25, -0.2) is 14.8 Å². The van der Waals surface area contributed by atoms with Gasteiger partial charge in [-0.05, 0) is 37.4 Å². The van der Waals surface area contributed by atoms with E-state index < -0.39 is 0 Å². The van der Waals surface area contributed by atoms with Crippen molar-refractivity contribution in [3.8, 4) is 0 Å². The van der Waals surface area contributed by atoms with E-state index >= 15 is 0 Å². The first kappa shape index (κ1) is 19.6. The Morgan fingerprint density at radius 1 is 0.966 bits per heavy atom. The highest BCUT2D eigenvalue weighted by atomic mass is 16.2. The number of anilines is 1. The normalized spacial score (nSPS) is 20.9. The maximum absolute atomic E-state index is 12.9. The molecule has 1 aromatic carbocycles. The maximum atomic E-state index is 12.9. The van der Waals surface area contributed by atoms with E-state index in [9.17, 15) is 4.79 Å². The number of likely N-dealkylation sites (tertiary alicyclic amines) is 1. The Labute approximate surface area is 172 Å². The molecule has 2 aliphatic heterocycles. The van der Waals surface area contributed by atoms with E-state index in [0.29, 0.717) is 6.54 Å². The van der Waals surface area contributed by atoms with Gasteiger partial charge in [-0.3, -0.25) is 4.90 Å². The Kier molecular flexibility index (Phi) is 6.56. The Morgan fingerprint density at radius 3 is 2.62 bits per heavy atom. The van der Waals surface area contributed by atoms with Gasteiger partial charge in [0.1, 0.15) is 0 Å². The van der Waals surface area contributed by atoms with Crippen molar-refractivity contribution in [2.45, 2.75) is 31.8 Å². The van der Waals surface area contributed by atoms with Crippen LogP contribution in [0.1, 0.15) is 24.8 Å². The van der Waals surface area contributed by atoms with Crippen LogP contribution >= 0.6 is 0 Å². The summed E-state index contributed by atoms with van der Waals surface area (Å²) in [5.41, 5.74) is 1.33. The van der Waals surface area contributed by atoms with Crippen molar-refractivity contribution < 1.29 is 4.79 Å². The third kappa shape index (κ3) is 5.44. The van der Waals surface area contributed by atoms with Crippen molar-refractivity contribution >= 4 is 12.0 Å². The fourth-order valence-electron chi connectivity index (χ4n) is 4.20. The number of nitrogens with one attached hydrogen (secondary N) is 1. The molecule has 3 heterocycles. The van der Waals surface area contributed by atoms with E-state index in [4.69, 9.17) is 0 Å². The van der Waals surface area contributed by atoms with Crippen LogP contribution in [0, 0.1) is 0 Å². The summed E-state index contributed by atoms with van der Waals surface area (Å²) in [4.78, 5) is 28.1. The van der Waals surface area contributed by atoms with Crippen LogP contribution in [0.5, 0.6) is 0 Å². The minimum atomic E-state index is 0.0624. The highest BCUT2D eigenvalue weighted by Gasteiger charge is 2.25. The van der Waals surface area contributed by atoms with E-state index in [1.54, 1.807) is 12.4 Å². The molecule has 1 atom stereocenters. The lowest BCUT2D eigenvalue weighted by Crippen LogP contribution is -2.52. The van der Waals surface area contributed by atoms with Crippen molar-refractivity contribution in [3.05, 3.63) is 54.4 Å². The first-order valence-corrected chi connectivity index (χ1v) is 10.6. The van der Waals surface area contributed by atoms with E-state index in [0.717, 1.165) is 64.5 Å². The molecule has 0 saturated carbocycles. The molecule has 7 heteroatoms. The van der Waals surface area contributed by atoms with Gasteiger partial charge in [0.25, 0.3) is 0 Å². The molecule has 0 aliphatic carbocycles. The maximum Gasteiger partial charge on any atom is 0.317 e. The zero-order valence-electron chi connectivity index (χ0n) is 16.9. The van der Waals surface area contributed by atoms with Crippen LogP contribution in [0.3, 0.4) is 0 Å². The van der Waals surface area contributed by atoms with Gasteiger partial charge in [-0.1, -0.05) is 30.3 Å². The number of carbonyl (C=O) groups excluding carboxylic acids is 1. The van der Waals surface area contributed by atoms with Crippen LogP contribution in [0.25, 0.3) is 0 Å². The lowest BCUT2D eigenvalue weighted by atomic mass is 10.0. The summed E-state index contributed by atoms with van der Waals surface area (Å²) in [6.07, 6.45) is 6.63. The van der Waals surface area contributed by atoms with E-state index in [-0.39, 0.29) is 12.1 Å². The zero-order chi connectivity index (χ0) is 19.9. The summed E-state index contributed by atoms with van der Waals surface area (Å²) in [6, 6.07) is 12.7. The predicted molar refractivity (Wildman–Crippen MR) is 114 cm³/mol. The van der Waals surface area contributed by atoms with Gasteiger partial charge in [0.05, 0.1) is 0 Å². The molecule has 2 aliphatic rings. The molecule has 2 saturated heterocycles. The third-order valence-corrected chi connectivity index (χ3v) is 5.70. The van der Waals surface area contributed by atoms with Crippen molar-refractivity contribution in [2.24, 2.45) is 0 Å². The molecule has 0 radical (unpaired) electrons. The second-order valence-corrected chi connectivity index (χ2v) is 7.89. The van der Waals surface area contributed by atoms with Crippen LogP contribution < -0.4 is 10.2 Å². The highest BCUT2D eigenvalue weighted by molar-refractivity contribution is 5.74. The van der Waals surface area contributed by atoms with Crippen LogP contribution in [0.4, 0.5) is 10.7 Å². The molecular formula is C22H30N6O. The fraction of sp³-hybridized carbons (Fsp3) is 0.500. The SMILES string of the molecule is O=C(NC1CCCN(Cc2ccccc2)C1)N1CCCN(c2ncccn2)CC1. The first-order valence-electron chi connectivity index (χ1n) is 10.6. The quantitative estimate of drug-likeness (QED) is 0.863. The van der Waals surface area contributed by atoms with Crippen LogP contribution in [-0.2, 0) is 6.54 Å². The summed E-state index contributed by atoms with van der Waals surface area (Å²) >= 11 is 0. The molecule has 0 bridgehead atoms. The number of hydrogen-bond acceptors (Lipinski definition) is 5. The van der Waals surface area contributed by atoms with Gasteiger partial charge in [0, 0.05) is 57.7 Å². The second-order valence-electron chi connectivity index (χ2n) is 7.89. The second kappa shape index (κ2) is 9.69. The average molecular weight is 395 g/mol. The van der Waals surface area contributed by atoms with Gasteiger partial charge in [0.2, 0.25) is 5.95 Å². The Balaban J connectivity index is 1.27. The van der Waals surface area contributed by atoms with Gasteiger partial charge in [0.15, 0.2) is 0 Å². The van der Waals surface area contributed by atoms with Crippen LogP contribution in [0.2, 0.25) is 0 Å². The molecule has 2 amide bonds. The molecule has 1 aromatic heterocycles. The molecule has 0 spiro atoms. The van der Waals surface area contributed by atoms with Gasteiger partial charge in [-0.2, -0.15) is 0 Å². The summed E-state index contributed by atoms with van der Waals surface area (Å²) < 4.78 is 0. The lowest BCUT2D eigenvalue weighted by molar-refractivity contribution is 0.165. The van der Waals surface area contributed by atoms with Crippen molar-refractivity contribution in [1.29, 1.82) is 0 Å². The van der Waals surface area contributed by atoms with E-state index in [2.05, 4.69) is 55.4 Å². The molecular weight excluding hydrogens is 364 g/mol. The van der Waals surface area contributed by atoms with Gasteiger partial charge >= 0.3 is 6.03 Å². The minimum Gasteiger partial charge on any atom is -0.339 e. The average Bonchev–Trinajstić information content (AvgIpc) is 3.02. The summed E-state index contributed by atoms with van der Waals surface area (Å²) in [7, 11) is 0. The number of piperidine rings is 1. The minimum absolute atomic E-state index is 0.0624. The zero-order valence-corrected chi connectivity index (χ0v) is 16.9. The molecule has 2 fully saturated rings.